The number of aromatic nitrogens is 4. The van der Waals surface area contributed by atoms with Crippen LogP contribution < -0.4 is 0 Å². The number of amides is 1. The van der Waals surface area contributed by atoms with Crippen LogP contribution in [0.25, 0.3) is 22.7 Å². The number of carbonyl (C=O) groups excluding carboxylic acids is 1. The van der Waals surface area contributed by atoms with Crippen molar-refractivity contribution in [2.24, 2.45) is 0 Å². The predicted molar refractivity (Wildman–Crippen MR) is 99.0 cm³/mol. The van der Waals surface area contributed by atoms with Crippen LogP contribution in [-0.2, 0) is 0 Å². The lowest BCUT2D eigenvalue weighted by Gasteiger charge is -2.18. The zero-order chi connectivity index (χ0) is 18.2. The first-order valence-corrected chi connectivity index (χ1v) is 8.87. The highest BCUT2D eigenvalue weighted by molar-refractivity contribution is 5.94. The van der Waals surface area contributed by atoms with Gasteiger partial charge in [0.05, 0.1) is 12.3 Å². The van der Waals surface area contributed by atoms with Crippen LogP contribution in [0, 0.1) is 0 Å². The molecule has 0 N–H and O–H groups in total. The van der Waals surface area contributed by atoms with Crippen LogP contribution in [0.1, 0.15) is 22.8 Å². The molecule has 27 heavy (non-hydrogen) atoms. The van der Waals surface area contributed by atoms with Crippen LogP contribution in [0.4, 0.5) is 0 Å². The Morgan fingerprint density at radius 2 is 2.00 bits per heavy atom. The van der Waals surface area contributed by atoms with Gasteiger partial charge in [-0.15, -0.1) is 0 Å². The molecular formula is C20H17N5O2. The summed E-state index contributed by atoms with van der Waals surface area (Å²) in [6, 6.07) is 11.2. The van der Waals surface area contributed by atoms with Gasteiger partial charge in [0.1, 0.15) is 5.52 Å². The molecule has 0 aromatic carbocycles. The SMILES string of the molecule is O=C(c1ccncc1)N1CCC(n2c(-c3ccco3)nc3cccnc32)C1. The average molecular weight is 359 g/mol. The van der Waals surface area contributed by atoms with E-state index in [1.54, 1.807) is 37.0 Å². The van der Waals surface area contributed by atoms with Gasteiger partial charge in [-0.25, -0.2) is 9.97 Å². The number of pyridine rings is 2. The summed E-state index contributed by atoms with van der Waals surface area (Å²) >= 11 is 0. The van der Waals surface area contributed by atoms with E-state index < -0.39 is 0 Å². The second kappa shape index (κ2) is 6.35. The number of hydrogen-bond donors (Lipinski definition) is 0. The summed E-state index contributed by atoms with van der Waals surface area (Å²) < 4.78 is 7.70. The zero-order valence-corrected chi connectivity index (χ0v) is 14.5. The Morgan fingerprint density at radius 3 is 2.81 bits per heavy atom. The van der Waals surface area contributed by atoms with E-state index in [4.69, 9.17) is 9.40 Å². The molecule has 1 saturated heterocycles. The molecule has 1 aliphatic rings. The van der Waals surface area contributed by atoms with Gasteiger partial charge in [0.2, 0.25) is 0 Å². The number of rotatable bonds is 3. The molecule has 0 aliphatic carbocycles. The van der Waals surface area contributed by atoms with Gasteiger partial charge in [0, 0.05) is 37.2 Å². The minimum Gasteiger partial charge on any atom is -0.461 e. The second-order valence-corrected chi connectivity index (χ2v) is 6.56. The molecular weight excluding hydrogens is 342 g/mol. The predicted octanol–water partition coefficient (Wildman–Crippen LogP) is 3.17. The molecule has 1 unspecified atom stereocenters. The quantitative estimate of drug-likeness (QED) is 0.561. The van der Waals surface area contributed by atoms with E-state index in [2.05, 4.69) is 14.5 Å². The maximum absolute atomic E-state index is 12.8. The molecule has 0 radical (unpaired) electrons. The van der Waals surface area contributed by atoms with Gasteiger partial charge in [-0.1, -0.05) is 0 Å². The van der Waals surface area contributed by atoms with Crippen molar-refractivity contribution < 1.29 is 9.21 Å². The highest BCUT2D eigenvalue weighted by atomic mass is 16.3. The molecule has 1 atom stereocenters. The van der Waals surface area contributed by atoms with Crippen LogP contribution in [0.3, 0.4) is 0 Å². The van der Waals surface area contributed by atoms with E-state index in [9.17, 15) is 4.79 Å². The van der Waals surface area contributed by atoms with E-state index in [1.807, 2.05) is 29.2 Å². The third-order valence-electron chi connectivity index (χ3n) is 4.93. The normalized spacial score (nSPS) is 16.9. The first kappa shape index (κ1) is 15.7. The average Bonchev–Trinajstić information content (AvgIpc) is 3.46. The molecule has 1 fully saturated rings. The van der Waals surface area contributed by atoms with Gasteiger partial charge in [-0.3, -0.25) is 9.78 Å². The first-order chi connectivity index (χ1) is 13.3. The number of fused-ring (bicyclic) bond motifs is 1. The number of nitrogens with zero attached hydrogens (tertiary/aromatic N) is 5. The fourth-order valence-electron chi connectivity index (χ4n) is 3.67. The Morgan fingerprint density at radius 1 is 1.11 bits per heavy atom. The van der Waals surface area contributed by atoms with Gasteiger partial charge in [-0.2, -0.15) is 0 Å². The van der Waals surface area contributed by atoms with E-state index >= 15 is 0 Å². The molecule has 0 spiro atoms. The van der Waals surface area contributed by atoms with Crippen LogP contribution in [0.15, 0.2) is 65.7 Å². The minimum atomic E-state index is 0.0248. The van der Waals surface area contributed by atoms with Gasteiger partial charge >= 0.3 is 0 Å². The fraction of sp³-hybridized carbons (Fsp3) is 0.200. The maximum atomic E-state index is 12.8. The summed E-state index contributed by atoms with van der Waals surface area (Å²) in [5.41, 5.74) is 2.29. The molecule has 0 saturated carbocycles. The molecule has 0 bridgehead atoms. The maximum Gasteiger partial charge on any atom is 0.254 e. The highest BCUT2D eigenvalue weighted by Crippen LogP contribution is 2.32. The first-order valence-electron chi connectivity index (χ1n) is 8.87. The highest BCUT2D eigenvalue weighted by Gasteiger charge is 2.31. The van der Waals surface area contributed by atoms with Gasteiger partial charge in [0.15, 0.2) is 17.2 Å². The largest absolute Gasteiger partial charge is 0.461 e. The van der Waals surface area contributed by atoms with Crippen LogP contribution in [-0.4, -0.2) is 43.4 Å². The van der Waals surface area contributed by atoms with Crippen LogP contribution in [0.5, 0.6) is 0 Å². The standard InChI is InChI=1S/C20H17N5O2/c26-20(14-5-9-21-10-6-14)24-11-7-15(13-24)25-18-16(3-1-8-22-18)23-19(25)17-4-2-12-27-17/h1-6,8-10,12,15H,7,11,13H2. The Kier molecular flexibility index (Phi) is 3.71. The zero-order valence-electron chi connectivity index (χ0n) is 14.5. The Balaban J connectivity index is 1.51. The molecule has 1 amide bonds. The van der Waals surface area contributed by atoms with Crippen molar-refractivity contribution in [3.8, 4) is 11.6 Å². The molecule has 4 aromatic rings. The number of hydrogen-bond acceptors (Lipinski definition) is 5. The lowest BCUT2D eigenvalue weighted by Crippen LogP contribution is -2.29. The molecule has 134 valence electrons. The minimum absolute atomic E-state index is 0.0248. The number of imidazole rings is 1. The van der Waals surface area contributed by atoms with Gasteiger partial charge in [0.25, 0.3) is 5.91 Å². The molecule has 5 rings (SSSR count). The summed E-state index contributed by atoms with van der Waals surface area (Å²) in [5.74, 6) is 1.47. The van der Waals surface area contributed by atoms with Crippen molar-refractivity contribution in [1.29, 1.82) is 0 Å². The van der Waals surface area contributed by atoms with Crippen molar-refractivity contribution in [2.45, 2.75) is 12.5 Å². The smallest absolute Gasteiger partial charge is 0.254 e. The molecule has 1 aliphatic heterocycles. The van der Waals surface area contributed by atoms with Crippen molar-refractivity contribution in [2.75, 3.05) is 13.1 Å². The van der Waals surface area contributed by atoms with Gasteiger partial charge in [-0.05, 0) is 42.8 Å². The third-order valence-corrected chi connectivity index (χ3v) is 4.93. The molecule has 4 aromatic heterocycles. The van der Waals surface area contributed by atoms with Crippen molar-refractivity contribution in [3.05, 3.63) is 66.8 Å². The third kappa shape index (κ3) is 2.68. The van der Waals surface area contributed by atoms with E-state index in [-0.39, 0.29) is 11.9 Å². The monoisotopic (exact) mass is 359 g/mol. The lowest BCUT2D eigenvalue weighted by atomic mass is 10.2. The molecule has 5 heterocycles. The van der Waals surface area contributed by atoms with Crippen LogP contribution in [0.2, 0.25) is 0 Å². The fourth-order valence-corrected chi connectivity index (χ4v) is 3.67. The second-order valence-electron chi connectivity index (χ2n) is 6.56. The summed E-state index contributed by atoms with van der Waals surface area (Å²) in [6.07, 6.45) is 7.53. The van der Waals surface area contributed by atoms with E-state index in [0.29, 0.717) is 24.4 Å². The molecule has 7 heteroatoms. The summed E-state index contributed by atoms with van der Waals surface area (Å²) in [7, 11) is 0. The Hall–Kier alpha value is -3.48. The van der Waals surface area contributed by atoms with Crippen molar-refractivity contribution in [3.63, 3.8) is 0 Å². The summed E-state index contributed by atoms with van der Waals surface area (Å²) in [6.45, 7) is 1.30. The summed E-state index contributed by atoms with van der Waals surface area (Å²) in [5, 5.41) is 0. The number of carbonyl (C=O) groups is 1. The number of likely N-dealkylation sites (tertiary alicyclic amines) is 1. The van der Waals surface area contributed by atoms with Crippen molar-refractivity contribution >= 4 is 17.1 Å². The lowest BCUT2D eigenvalue weighted by molar-refractivity contribution is 0.0788. The summed E-state index contributed by atoms with van der Waals surface area (Å²) in [4.78, 5) is 27.9. The van der Waals surface area contributed by atoms with Gasteiger partial charge < -0.3 is 13.9 Å². The van der Waals surface area contributed by atoms with E-state index in [1.165, 1.54) is 0 Å². The van der Waals surface area contributed by atoms with E-state index in [0.717, 1.165) is 23.4 Å². The molecule has 7 nitrogen and oxygen atoms in total. The Labute approximate surface area is 155 Å². The number of furan rings is 1. The van der Waals surface area contributed by atoms with Crippen molar-refractivity contribution in [1.82, 2.24) is 24.4 Å². The Bertz CT molecular complexity index is 1090. The topological polar surface area (TPSA) is 77.0 Å². The van der Waals surface area contributed by atoms with Crippen LogP contribution >= 0.6 is 0 Å².